The van der Waals surface area contributed by atoms with Gasteiger partial charge in [0.05, 0.1) is 11.7 Å². The second-order valence-electron chi connectivity index (χ2n) is 9.26. The molecule has 178 valence electrons. The third-order valence-electron chi connectivity index (χ3n) is 7.00. The maximum absolute atomic E-state index is 13.1. The van der Waals surface area contributed by atoms with Gasteiger partial charge in [-0.2, -0.15) is 0 Å². The van der Waals surface area contributed by atoms with Crippen molar-refractivity contribution in [3.63, 3.8) is 0 Å². The zero-order valence-electron chi connectivity index (χ0n) is 19.4. The molecule has 3 aliphatic rings. The van der Waals surface area contributed by atoms with E-state index < -0.39 is 0 Å². The molecule has 2 amide bonds. The van der Waals surface area contributed by atoms with Gasteiger partial charge in [-0.25, -0.2) is 0 Å². The van der Waals surface area contributed by atoms with E-state index in [-0.39, 0.29) is 30.1 Å². The lowest BCUT2D eigenvalue weighted by molar-refractivity contribution is -0.116. The average molecular weight is 479 g/mol. The summed E-state index contributed by atoms with van der Waals surface area (Å²) < 4.78 is 5.68. The predicted molar refractivity (Wildman–Crippen MR) is 133 cm³/mol. The number of amides is 2. The molecule has 34 heavy (non-hydrogen) atoms. The molecule has 0 radical (unpaired) electrons. The van der Waals surface area contributed by atoms with Crippen molar-refractivity contribution in [2.75, 3.05) is 18.5 Å². The van der Waals surface area contributed by atoms with E-state index >= 15 is 0 Å². The minimum Gasteiger partial charge on any atom is -0.378 e. The van der Waals surface area contributed by atoms with Crippen molar-refractivity contribution in [1.82, 2.24) is 4.90 Å². The van der Waals surface area contributed by atoms with Crippen molar-refractivity contribution >= 4 is 39.6 Å². The first-order valence-electron chi connectivity index (χ1n) is 12.2. The van der Waals surface area contributed by atoms with Crippen LogP contribution in [-0.2, 0) is 22.4 Å². The maximum Gasteiger partial charge on any atom is 0.258 e. The number of carbonyl (C=O) groups excluding carboxylic acids is 3. The number of Topliss-reactive ketones (excluding diaryl/α,β-unsaturated/α-hetero) is 1. The van der Waals surface area contributed by atoms with Crippen LogP contribution in [0.4, 0.5) is 5.00 Å². The number of hydrogen-bond donors (Lipinski definition) is 1. The minimum atomic E-state index is -0.122. The van der Waals surface area contributed by atoms with Crippen molar-refractivity contribution in [3.05, 3.63) is 58.0 Å². The molecule has 1 saturated heterocycles. The highest BCUT2D eigenvalue weighted by Gasteiger charge is 2.31. The summed E-state index contributed by atoms with van der Waals surface area (Å²) >= 11 is 1.55. The Morgan fingerprint density at radius 2 is 1.97 bits per heavy atom. The van der Waals surface area contributed by atoms with E-state index in [4.69, 9.17) is 4.74 Å². The lowest BCUT2D eigenvalue weighted by Gasteiger charge is -2.17. The van der Waals surface area contributed by atoms with E-state index in [2.05, 4.69) is 11.9 Å². The zero-order chi connectivity index (χ0) is 23.7. The van der Waals surface area contributed by atoms with E-state index in [9.17, 15) is 14.4 Å². The number of thiophene rings is 1. The first-order valence-corrected chi connectivity index (χ1v) is 13.0. The van der Waals surface area contributed by atoms with Gasteiger partial charge in [0.25, 0.3) is 5.91 Å². The Balaban J connectivity index is 1.18. The molecule has 0 bridgehead atoms. The molecule has 6 nitrogen and oxygen atoms in total. The number of anilines is 1. The Bertz CT molecular complexity index is 1110. The summed E-state index contributed by atoms with van der Waals surface area (Å²) in [7, 11) is 0. The number of ether oxygens (including phenoxy) is 1. The van der Waals surface area contributed by atoms with Gasteiger partial charge in [-0.05, 0) is 56.6 Å². The Kier molecular flexibility index (Phi) is 6.66. The van der Waals surface area contributed by atoms with Crippen LogP contribution in [0.2, 0.25) is 0 Å². The predicted octanol–water partition coefficient (Wildman–Crippen LogP) is 5.22. The van der Waals surface area contributed by atoms with Gasteiger partial charge in [0.2, 0.25) is 5.91 Å². The normalized spacial score (nSPS) is 18.9. The number of nitrogens with one attached hydrogen (secondary N) is 1. The molecule has 1 aliphatic carbocycles. The molecule has 2 aromatic rings. The average Bonchev–Trinajstić information content (AvgIpc) is 3.60. The van der Waals surface area contributed by atoms with Crippen LogP contribution in [0.1, 0.15) is 81.7 Å². The number of fused-ring (bicyclic) bond motifs is 2. The van der Waals surface area contributed by atoms with Crippen LogP contribution in [0.25, 0.3) is 5.70 Å². The van der Waals surface area contributed by atoms with Crippen LogP contribution >= 0.6 is 11.3 Å². The molecule has 1 fully saturated rings. The largest absolute Gasteiger partial charge is 0.378 e. The number of rotatable bonds is 9. The minimum absolute atomic E-state index is 0.0604. The summed E-state index contributed by atoms with van der Waals surface area (Å²) in [5.41, 5.74) is 4.07. The zero-order valence-corrected chi connectivity index (χ0v) is 20.2. The lowest BCUT2D eigenvalue weighted by atomic mass is 10.0. The fourth-order valence-corrected chi connectivity index (χ4v) is 6.56. The fourth-order valence-electron chi connectivity index (χ4n) is 5.23. The van der Waals surface area contributed by atoms with Crippen molar-refractivity contribution in [2.24, 2.45) is 0 Å². The van der Waals surface area contributed by atoms with Gasteiger partial charge in [0.1, 0.15) is 5.00 Å². The van der Waals surface area contributed by atoms with Gasteiger partial charge in [0, 0.05) is 47.7 Å². The summed E-state index contributed by atoms with van der Waals surface area (Å²) in [6, 6.07) is 7.45. The second-order valence-corrected chi connectivity index (χ2v) is 10.4. The molecule has 1 aromatic carbocycles. The van der Waals surface area contributed by atoms with E-state index in [1.807, 2.05) is 24.3 Å². The van der Waals surface area contributed by atoms with Crippen LogP contribution < -0.4 is 5.32 Å². The standard InChI is InChI=1S/C27H30N2O4S/c1-17-19-8-2-3-9-20(19)27(32)29(17)15-5-12-24(31)28-26-25(21-10-4-11-23(21)34-26)22(30)14-13-18-7-6-16-33-18/h2-3,8-9,18H,1,4-7,10-16H2,(H,28,31)/t18-/m1/s1. The van der Waals surface area contributed by atoms with Crippen molar-refractivity contribution in [3.8, 4) is 0 Å². The van der Waals surface area contributed by atoms with Crippen LogP contribution in [0.5, 0.6) is 0 Å². The Morgan fingerprint density at radius 3 is 2.74 bits per heavy atom. The molecule has 1 N–H and O–H groups in total. The van der Waals surface area contributed by atoms with Crippen LogP contribution in [0.15, 0.2) is 30.8 Å². The molecule has 3 heterocycles. The highest BCUT2D eigenvalue weighted by molar-refractivity contribution is 7.17. The molecular formula is C27H30N2O4S. The van der Waals surface area contributed by atoms with Gasteiger partial charge in [0.15, 0.2) is 5.78 Å². The topological polar surface area (TPSA) is 75.7 Å². The SMILES string of the molecule is C=C1c2ccccc2C(=O)N1CCCC(=O)Nc1sc2c(c1C(=O)CC[C@H]1CCCO1)CCC2. The van der Waals surface area contributed by atoms with E-state index in [1.54, 1.807) is 16.2 Å². The van der Waals surface area contributed by atoms with Crippen molar-refractivity contribution < 1.29 is 19.1 Å². The van der Waals surface area contributed by atoms with E-state index in [0.29, 0.717) is 35.6 Å². The molecule has 7 heteroatoms. The smallest absolute Gasteiger partial charge is 0.258 e. The Labute approximate surface area is 204 Å². The molecular weight excluding hydrogens is 448 g/mol. The van der Waals surface area contributed by atoms with E-state index in [1.165, 1.54) is 4.88 Å². The molecule has 1 aromatic heterocycles. The number of aryl methyl sites for hydroxylation is 1. The van der Waals surface area contributed by atoms with Crippen LogP contribution in [0, 0.1) is 0 Å². The first-order chi connectivity index (χ1) is 16.5. The number of benzene rings is 1. The summed E-state index contributed by atoms with van der Waals surface area (Å²) in [5, 5.41) is 3.71. The highest BCUT2D eigenvalue weighted by Crippen LogP contribution is 2.40. The molecule has 0 saturated carbocycles. The molecule has 2 aliphatic heterocycles. The lowest BCUT2D eigenvalue weighted by Crippen LogP contribution is -2.25. The third-order valence-corrected chi connectivity index (χ3v) is 8.20. The van der Waals surface area contributed by atoms with Crippen molar-refractivity contribution in [2.45, 2.75) is 63.9 Å². The fraction of sp³-hybridized carbons (Fsp3) is 0.444. The molecule has 0 unspecified atom stereocenters. The number of ketones is 1. The second kappa shape index (κ2) is 9.84. The summed E-state index contributed by atoms with van der Waals surface area (Å²) in [5.74, 6) is -0.0698. The summed E-state index contributed by atoms with van der Waals surface area (Å²) in [6.07, 6.45) is 7.22. The Morgan fingerprint density at radius 1 is 1.15 bits per heavy atom. The molecule has 1 atom stereocenters. The number of carbonyl (C=O) groups is 3. The quantitative estimate of drug-likeness (QED) is 0.501. The van der Waals surface area contributed by atoms with Gasteiger partial charge >= 0.3 is 0 Å². The maximum atomic E-state index is 13.1. The Hall–Kier alpha value is -2.77. The van der Waals surface area contributed by atoms with Gasteiger partial charge in [-0.3, -0.25) is 14.4 Å². The molecule has 0 spiro atoms. The monoisotopic (exact) mass is 478 g/mol. The molecule has 5 rings (SSSR count). The van der Waals surface area contributed by atoms with Gasteiger partial charge in [-0.15, -0.1) is 11.3 Å². The first kappa shape index (κ1) is 23.0. The third kappa shape index (κ3) is 4.46. The van der Waals surface area contributed by atoms with Crippen LogP contribution in [-0.4, -0.2) is 41.8 Å². The van der Waals surface area contributed by atoms with Crippen LogP contribution in [0.3, 0.4) is 0 Å². The van der Waals surface area contributed by atoms with Gasteiger partial charge in [-0.1, -0.05) is 24.8 Å². The summed E-state index contributed by atoms with van der Waals surface area (Å²) in [6.45, 7) is 5.28. The number of hydrogen-bond acceptors (Lipinski definition) is 5. The van der Waals surface area contributed by atoms with Gasteiger partial charge < -0.3 is 15.0 Å². The highest BCUT2D eigenvalue weighted by atomic mass is 32.1. The van der Waals surface area contributed by atoms with E-state index in [0.717, 1.165) is 61.8 Å². The van der Waals surface area contributed by atoms with Crippen molar-refractivity contribution in [1.29, 1.82) is 0 Å². The summed E-state index contributed by atoms with van der Waals surface area (Å²) in [4.78, 5) is 41.4. The number of nitrogens with zero attached hydrogens (tertiary/aromatic N) is 1.